The number of nitrogens with zero attached hydrogens (tertiary/aromatic N) is 1. The molecule has 3 rings (SSSR count). The number of rotatable bonds is 17. The molecule has 0 unspecified atom stereocenters. The Bertz CT molecular complexity index is 2260. The molecule has 2 fully saturated rings. The monoisotopic (exact) mass is 1090 g/mol. The van der Waals surface area contributed by atoms with Gasteiger partial charge in [0.1, 0.15) is 48.0 Å². The molecule has 2 heterocycles. The van der Waals surface area contributed by atoms with Crippen LogP contribution >= 0.6 is 21.6 Å². The Labute approximate surface area is 445 Å². The fourth-order valence-electron chi connectivity index (χ4n) is 8.61. The predicted octanol–water partition coefficient (Wildman–Crippen LogP) is -1.42. The molecule has 1 aromatic rings. The fraction of sp³-hybridized carbons (Fsp3) is 0.653. The first-order valence-electron chi connectivity index (χ1n) is 25.0. The summed E-state index contributed by atoms with van der Waals surface area (Å²) in [5.41, 5.74) is 22.7. The highest BCUT2D eigenvalue weighted by atomic mass is 33.1. The number of benzene rings is 1. The number of primary amides is 3. The first kappa shape index (κ1) is 63.1. The molecule has 16 N–H and O–H groups in total. The minimum absolute atomic E-state index is 0.0496. The van der Waals surface area contributed by atoms with E-state index in [9.17, 15) is 53.1 Å². The molecule has 24 nitrogen and oxygen atoms in total. The highest BCUT2D eigenvalue weighted by Crippen LogP contribution is 2.42. The molecule has 0 spiro atoms. The van der Waals surface area contributed by atoms with Crippen LogP contribution in [-0.4, -0.2) is 146 Å². The molecule has 26 heteroatoms. The molecule has 11 amide bonds. The summed E-state index contributed by atoms with van der Waals surface area (Å²) >= 11 is 0. The predicted molar refractivity (Wildman–Crippen MR) is 282 cm³/mol. The van der Waals surface area contributed by atoms with Crippen LogP contribution in [0.1, 0.15) is 113 Å². The number of phenolic OH excluding ortho intramolecular Hbond substituents is 1. The average Bonchev–Trinajstić information content (AvgIpc) is 3.78. The van der Waals surface area contributed by atoms with Gasteiger partial charge >= 0.3 is 0 Å². The first-order chi connectivity index (χ1) is 34.9. The Morgan fingerprint density at radius 3 is 1.95 bits per heavy atom. The largest absolute Gasteiger partial charge is 0.508 e. The summed E-state index contributed by atoms with van der Waals surface area (Å²) < 4.78 is -1.39. The molecular formula is C49H78N12O12S2. The minimum atomic E-state index is -1.80. The van der Waals surface area contributed by atoms with Crippen molar-refractivity contribution in [3.63, 3.8) is 0 Å². The molecule has 2 aliphatic rings. The molecule has 2 aliphatic heterocycles. The van der Waals surface area contributed by atoms with Crippen molar-refractivity contribution in [2.24, 2.45) is 40.2 Å². The standard InChI is InChI=1S/C49H78N12O12S2/c1-10-25(4)38-46(72)55-29(15-18-35(51)63)42(68)57-32(21-36(52)64)44(70)60-39(49(8,9)75-74-23-28(50)40(66)56-31(43(69)59-38)20-26-11-13-27(62)14-12-26)47(73)61-33(16-17-34(61)48(5,6)7)45(71)58-30(19-24(2)3)41(67)54-22-37(53)65/h11-14,24-25,28-34,38-39,62H,10,15-23,50H2,1-9H3,(H2,51,63)(H2,52,64)(H2,53,65)(H,54,67)(H,55,72)(H,56,66)(H,57,68)(H,58,71)(H,59,69)(H,60,70)/t25-,28-,29-,30-,31-,32-,33-,34+,38-,39+/m0/s1. The third kappa shape index (κ3) is 19.2. The van der Waals surface area contributed by atoms with Gasteiger partial charge in [0.2, 0.25) is 65.0 Å². The lowest BCUT2D eigenvalue weighted by Gasteiger charge is -2.43. The molecule has 418 valence electrons. The molecule has 0 saturated carbocycles. The number of amides is 11. The molecule has 75 heavy (non-hydrogen) atoms. The Morgan fingerprint density at radius 1 is 0.800 bits per heavy atom. The zero-order valence-corrected chi connectivity index (χ0v) is 45.9. The number of hydrogen-bond donors (Lipinski definition) is 12. The van der Waals surface area contributed by atoms with Crippen molar-refractivity contribution in [1.29, 1.82) is 0 Å². The summed E-state index contributed by atoms with van der Waals surface area (Å²) in [5, 5.41) is 28.2. The van der Waals surface area contributed by atoms with Gasteiger partial charge in [-0.3, -0.25) is 52.7 Å². The van der Waals surface area contributed by atoms with E-state index in [0.29, 0.717) is 18.4 Å². The first-order valence-corrected chi connectivity index (χ1v) is 27.3. The maximum atomic E-state index is 15.6. The van der Waals surface area contributed by atoms with E-state index in [-0.39, 0.29) is 36.7 Å². The molecule has 0 bridgehead atoms. The minimum Gasteiger partial charge on any atom is -0.508 e. The SMILES string of the molecule is CC[C@H](C)[C@@H]1NC(=O)[C@H](Cc2ccc(O)cc2)NC(=O)[C@@H](N)CSSC(C)(C)[C@@H](C(=O)N2[C@H](C(=O)N[C@@H](CC(C)C)C(=O)NCC(N)=O)CC[C@@H]2C(C)(C)C)NC(=O)[C@H](CC(N)=O)NC(=O)[C@H](CCC(N)=O)NC1=O. The van der Waals surface area contributed by atoms with Gasteiger partial charge < -0.3 is 70.2 Å². The van der Waals surface area contributed by atoms with Gasteiger partial charge in [0.05, 0.1) is 19.0 Å². The van der Waals surface area contributed by atoms with Crippen LogP contribution in [0.4, 0.5) is 0 Å². The van der Waals surface area contributed by atoms with E-state index in [2.05, 4.69) is 37.2 Å². The van der Waals surface area contributed by atoms with Crippen molar-refractivity contribution in [1.82, 2.24) is 42.1 Å². The topological polar surface area (TPSA) is 400 Å². The van der Waals surface area contributed by atoms with E-state index in [4.69, 9.17) is 22.9 Å². The van der Waals surface area contributed by atoms with Gasteiger partial charge in [-0.2, -0.15) is 0 Å². The van der Waals surface area contributed by atoms with Gasteiger partial charge in [0, 0.05) is 29.4 Å². The van der Waals surface area contributed by atoms with Gasteiger partial charge in [-0.25, -0.2) is 0 Å². The van der Waals surface area contributed by atoms with Gasteiger partial charge in [-0.1, -0.05) is 88.6 Å². The van der Waals surface area contributed by atoms with E-state index < -0.39 is 161 Å². The second-order valence-corrected chi connectivity index (χ2v) is 24.2. The van der Waals surface area contributed by atoms with Gasteiger partial charge in [-0.15, -0.1) is 0 Å². The lowest BCUT2D eigenvalue weighted by atomic mass is 9.84. The maximum Gasteiger partial charge on any atom is 0.247 e. The summed E-state index contributed by atoms with van der Waals surface area (Å²) in [6, 6.07) is -6.06. The summed E-state index contributed by atoms with van der Waals surface area (Å²) in [6.07, 6.45) is -0.853. The van der Waals surface area contributed by atoms with Crippen LogP contribution in [0.3, 0.4) is 0 Å². The molecule has 0 aromatic heterocycles. The van der Waals surface area contributed by atoms with Crippen LogP contribution in [0.25, 0.3) is 0 Å². The summed E-state index contributed by atoms with van der Waals surface area (Å²) in [7, 11) is 2.09. The molecule has 10 atom stereocenters. The van der Waals surface area contributed by atoms with Crippen molar-refractivity contribution in [3.8, 4) is 5.75 Å². The average molecular weight is 1090 g/mol. The van der Waals surface area contributed by atoms with E-state index in [0.717, 1.165) is 21.6 Å². The van der Waals surface area contributed by atoms with Crippen molar-refractivity contribution in [2.45, 2.75) is 173 Å². The Balaban J connectivity index is 2.23. The summed E-state index contributed by atoms with van der Waals surface area (Å²) in [4.78, 5) is 152. The normalized spacial score (nSPS) is 25.3. The lowest BCUT2D eigenvalue weighted by Crippen LogP contribution is -2.65. The van der Waals surface area contributed by atoms with Gasteiger partial charge in [0.15, 0.2) is 0 Å². The lowest BCUT2D eigenvalue weighted by molar-refractivity contribution is -0.146. The molecule has 0 aliphatic carbocycles. The number of likely N-dealkylation sites (tertiary alicyclic amines) is 1. The maximum absolute atomic E-state index is 15.6. The second kappa shape index (κ2) is 28.1. The smallest absolute Gasteiger partial charge is 0.247 e. The fourth-order valence-corrected chi connectivity index (χ4v) is 11.4. The van der Waals surface area contributed by atoms with Crippen LogP contribution in [0, 0.1) is 17.3 Å². The molecular weight excluding hydrogens is 1010 g/mol. The zero-order valence-electron chi connectivity index (χ0n) is 44.2. The number of aromatic hydroxyl groups is 1. The zero-order chi connectivity index (χ0) is 56.7. The van der Waals surface area contributed by atoms with Crippen molar-refractivity contribution >= 4 is 86.6 Å². The van der Waals surface area contributed by atoms with E-state index in [1.807, 2.05) is 34.6 Å². The summed E-state index contributed by atoms with van der Waals surface area (Å²) in [5.74, 6) is -10.3. The third-order valence-corrected chi connectivity index (χ3v) is 16.3. The number of carbonyl (C=O) groups is 11. The number of carbonyl (C=O) groups excluding carboxylic acids is 11. The van der Waals surface area contributed by atoms with Crippen molar-refractivity contribution in [2.75, 3.05) is 12.3 Å². The van der Waals surface area contributed by atoms with E-state index >= 15 is 4.79 Å². The van der Waals surface area contributed by atoms with E-state index in [1.54, 1.807) is 39.8 Å². The highest BCUT2D eigenvalue weighted by molar-refractivity contribution is 8.77. The Hall–Kier alpha value is -6.15. The van der Waals surface area contributed by atoms with E-state index in [1.165, 1.54) is 17.0 Å². The van der Waals surface area contributed by atoms with Gasteiger partial charge in [-0.05, 0) is 74.5 Å². The van der Waals surface area contributed by atoms with Crippen molar-refractivity contribution < 1.29 is 57.8 Å². The van der Waals surface area contributed by atoms with Crippen LogP contribution in [0.2, 0.25) is 0 Å². The second-order valence-electron chi connectivity index (χ2n) is 21.2. The van der Waals surface area contributed by atoms with Crippen LogP contribution in [0.15, 0.2) is 24.3 Å². The van der Waals surface area contributed by atoms with Crippen LogP contribution in [-0.2, 0) is 59.2 Å². The number of hydrogen-bond acceptors (Lipinski definition) is 15. The molecule has 0 radical (unpaired) electrons. The summed E-state index contributed by atoms with van der Waals surface area (Å²) in [6.45, 7) is 15.4. The molecule has 2 saturated heterocycles. The van der Waals surface area contributed by atoms with Gasteiger partial charge in [0.25, 0.3) is 0 Å². The Morgan fingerprint density at radius 2 is 1.39 bits per heavy atom. The van der Waals surface area contributed by atoms with Crippen LogP contribution in [0.5, 0.6) is 5.75 Å². The van der Waals surface area contributed by atoms with Crippen molar-refractivity contribution in [3.05, 3.63) is 29.8 Å². The Kier molecular flexibility index (Phi) is 23.7. The third-order valence-electron chi connectivity index (χ3n) is 13.0. The number of nitrogens with one attached hydrogen (secondary N) is 7. The highest BCUT2D eigenvalue weighted by Gasteiger charge is 2.51. The molecule has 1 aromatic carbocycles. The number of phenols is 1. The quantitative estimate of drug-likeness (QED) is 0.0798. The van der Waals surface area contributed by atoms with Crippen LogP contribution < -0.4 is 60.2 Å². The number of nitrogens with two attached hydrogens (primary N) is 4.